The first-order valence-electron chi connectivity index (χ1n) is 7.14. The second-order valence-electron chi connectivity index (χ2n) is 6.20. The topological polar surface area (TPSA) is 60.6 Å². The molecule has 2 aromatic rings. The molecule has 0 unspecified atom stereocenters. The van der Waals surface area contributed by atoms with Crippen LogP contribution in [0.25, 0.3) is 0 Å². The maximum absolute atomic E-state index is 6.35. The molecule has 1 N–H and O–H groups in total. The lowest BCUT2D eigenvalue weighted by Crippen LogP contribution is -2.35. The average Bonchev–Trinajstić information content (AvgIpc) is 2.95. The van der Waals surface area contributed by atoms with Gasteiger partial charge in [0.2, 0.25) is 0 Å². The molecule has 2 heterocycles. The summed E-state index contributed by atoms with van der Waals surface area (Å²) in [4.78, 5) is 0. The van der Waals surface area contributed by atoms with Crippen LogP contribution in [0.1, 0.15) is 44.8 Å². The number of aromatic nitrogens is 5. The molecule has 0 aliphatic rings. The highest BCUT2D eigenvalue weighted by atomic mass is 35.5. The molecule has 0 aromatic carbocycles. The highest BCUT2D eigenvalue weighted by molar-refractivity contribution is 6.31. The Kier molecular flexibility index (Phi) is 4.68. The van der Waals surface area contributed by atoms with Crippen LogP contribution in [0.4, 0.5) is 0 Å². The van der Waals surface area contributed by atoms with Crippen LogP contribution in [-0.2, 0) is 26.6 Å². The molecule has 0 fully saturated rings. The van der Waals surface area contributed by atoms with Gasteiger partial charge in [-0.05, 0) is 27.2 Å². The third-order valence-electron chi connectivity index (χ3n) is 3.20. The first-order valence-corrected chi connectivity index (χ1v) is 7.52. The van der Waals surface area contributed by atoms with Gasteiger partial charge in [-0.2, -0.15) is 5.10 Å². The fourth-order valence-corrected chi connectivity index (χ4v) is 2.35. The molecule has 0 aliphatic carbocycles. The summed E-state index contributed by atoms with van der Waals surface area (Å²) in [5.74, 6) is 0. The molecule has 0 aliphatic heterocycles. The third-order valence-corrected chi connectivity index (χ3v) is 3.64. The van der Waals surface area contributed by atoms with Crippen LogP contribution < -0.4 is 5.32 Å². The Morgan fingerprint density at radius 3 is 2.62 bits per heavy atom. The number of aryl methyl sites for hydroxylation is 2. The highest BCUT2D eigenvalue weighted by Crippen LogP contribution is 2.21. The first kappa shape index (κ1) is 16.0. The molecule has 0 saturated carbocycles. The van der Waals surface area contributed by atoms with Gasteiger partial charge in [0.25, 0.3) is 0 Å². The van der Waals surface area contributed by atoms with Gasteiger partial charge in [-0.3, -0.25) is 4.68 Å². The zero-order valence-corrected chi connectivity index (χ0v) is 14.1. The minimum atomic E-state index is 0.0607. The van der Waals surface area contributed by atoms with E-state index in [0.29, 0.717) is 13.1 Å². The largest absolute Gasteiger partial charge is 0.306 e. The number of rotatable bonds is 5. The molecule has 7 heteroatoms. The molecule has 0 spiro atoms. The quantitative estimate of drug-likeness (QED) is 0.919. The zero-order chi connectivity index (χ0) is 15.6. The van der Waals surface area contributed by atoms with E-state index in [1.807, 2.05) is 24.9 Å². The molecule has 2 aromatic heterocycles. The van der Waals surface area contributed by atoms with Crippen molar-refractivity contribution in [2.45, 2.75) is 52.7 Å². The monoisotopic (exact) mass is 310 g/mol. The Labute approximate surface area is 130 Å². The number of hydrogen-bond donors (Lipinski definition) is 1. The van der Waals surface area contributed by atoms with Crippen LogP contribution in [0.5, 0.6) is 0 Å². The Balaban J connectivity index is 2.08. The maximum atomic E-state index is 6.35. The van der Waals surface area contributed by atoms with Gasteiger partial charge in [0, 0.05) is 19.1 Å². The number of hydrogen-bond acceptors (Lipinski definition) is 4. The van der Waals surface area contributed by atoms with Gasteiger partial charge in [0.1, 0.15) is 0 Å². The highest BCUT2D eigenvalue weighted by Gasteiger charge is 2.15. The lowest BCUT2D eigenvalue weighted by atomic mass is 10.1. The summed E-state index contributed by atoms with van der Waals surface area (Å²) in [5.41, 5.74) is 2.85. The molecule has 6 nitrogen and oxygen atoms in total. The van der Waals surface area contributed by atoms with Crippen molar-refractivity contribution in [1.29, 1.82) is 0 Å². The lowest BCUT2D eigenvalue weighted by molar-refractivity contribution is 0.421. The SMILES string of the molecule is CCc1nn(C)c(Cn2cc(CNC(C)(C)C)nn2)c1Cl. The van der Waals surface area contributed by atoms with Gasteiger partial charge in [0.15, 0.2) is 0 Å². The smallest absolute Gasteiger partial charge is 0.0965 e. The van der Waals surface area contributed by atoms with Crippen molar-refractivity contribution >= 4 is 11.6 Å². The molecule has 0 radical (unpaired) electrons. The van der Waals surface area contributed by atoms with Crippen molar-refractivity contribution in [3.05, 3.63) is 28.3 Å². The summed E-state index contributed by atoms with van der Waals surface area (Å²) in [5, 5.41) is 16.9. The van der Waals surface area contributed by atoms with E-state index < -0.39 is 0 Å². The molecule has 2 rings (SSSR count). The minimum Gasteiger partial charge on any atom is -0.306 e. The molecule has 0 atom stereocenters. The summed E-state index contributed by atoms with van der Waals surface area (Å²) in [6.07, 6.45) is 2.76. The standard InChI is InChI=1S/C14H23ClN6/c1-6-11-13(15)12(20(5)18-11)9-21-8-10(17-19-21)7-16-14(2,3)4/h8,16H,6-7,9H2,1-5H3. The van der Waals surface area contributed by atoms with Crippen LogP contribution >= 0.6 is 11.6 Å². The Hall–Kier alpha value is -1.40. The summed E-state index contributed by atoms with van der Waals surface area (Å²) in [7, 11) is 1.90. The van der Waals surface area contributed by atoms with Crippen molar-refractivity contribution in [2.75, 3.05) is 0 Å². The average molecular weight is 311 g/mol. The maximum Gasteiger partial charge on any atom is 0.0965 e. The van der Waals surface area contributed by atoms with E-state index in [2.05, 4.69) is 41.5 Å². The van der Waals surface area contributed by atoms with Crippen molar-refractivity contribution in [1.82, 2.24) is 30.1 Å². The Morgan fingerprint density at radius 1 is 1.33 bits per heavy atom. The van der Waals surface area contributed by atoms with E-state index in [1.165, 1.54) is 0 Å². The fourth-order valence-electron chi connectivity index (χ4n) is 2.00. The first-order chi connectivity index (χ1) is 9.80. The van der Waals surface area contributed by atoms with E-state index in [0.717, 1.165) is 28.5 Å². The van der Waals surface area contributed by atoms with Crippen LogP contribution in [0.15, 0.2) is 6.20 Å². The third kappa shape index (κ3) is 4.04. The second kappa shape index (κ2) is 6.15. The van der Waals surface area contributed by atoms with Crippen molar-refractivity contribution in [2.24, 2.45) is 7.05 Å². The van der Waals surface area contributed by atoms with E-state index in [1.54, 1.807) is 4.68 Å². The normalized spacial score (nSPS) is 12.1. The fraction of sp³-hybridized carbons (Fsp3) is 0.643. The van der Waals surface area contributed by atoms with Gasteiger partial charge >= 0.3 is 0 Å². The van der Waals surface area contributed by atoms with Gasteiger partial charge in [-0.25, -0.2) is 4.68 Å². The number of nitrogens with zero attached hydrogens (tertiary/aromatic N) is 5. The van der Waals surface area contributed by atoms with Crippen molar-refractivity contribution < 1.29 is 0 Å². The van der Waals surface area contributed by atoms with Gasteiger partial charge in [-0.1, -0.05) is 23.7 Å². The van der Waals surface area contributed by atoms with Crippen molar-refractivity contribution in [3.8, 4) is 0 Å². The summed E-state index contributed by atoms with van der Waals surface area (Å²) >= 11 is 6.35. The van der Waals surface area contributed by atoms with E-state index >= 15 is 0 Å². The molecular weight excluding hydrogens is 288 g/mol. The predicted molar refractivity (Wildman–Crippen MR) is 83.3 cm³/mol. The van der Waals surface area contributed by atoms with Crippen LogP contribution in [0.3, 0.4) is 0 Å². The van der Waals surface area contributed by atoms with E-state index in [9.17, 15) is 0 Å². The van der Waals surface area contributed by atoms with Crippen LogP contribution in [-0.4, -0.2) is 30.3 Å². The summed E-state index contributed by atoms with van der Waals surface area (Å²) < 4.78 is 3.61. The molecule has 0 saturated heterocycles. The molecule has 0 bridgehead atoms. The number of nitrogens with one attached hydrogen (secondary N) is 1. The van der Waals surface area contributed by atoms with Crippen molar-refractivity contribution in [3.63, 3.8) is 0 Å². The number of halogens is 1. The molecular formula is C14H23ClN6. The lowest BCUT2D eigenvalue weighted by Gasteiger charge is -2.19. The van der Waals surface area contributed by atoms with Gasteiger partial charge in [0.05, 0.1) is 34.8 Å². The molecule has 0 amide bonds. The summed E-state index contributed by atoms with van der Waals surface area (Å²) in [6, 6.07) is 0. The van der Waals surface area contributed by atoms with Crippen LogP contribution in [0.2, 0.25) is 5.02 Å². The van der Waals surface area contributed by atoms with Gasteiger partial charge in [-0.15, -0.1) is 5.10 Å². The second-order valence-corrected chi connectivity index (χ2v) is 6.57. The Bertz CT molecular complexity index is 607. The van der Waals surface area contributed by atoms with E-state index in [4.69, 9.17) is 11.6 Å². The summed E-state index contributed by atoms with van der Waals surface area (Å²) in [6.45, 7) is 9.69. The molecule has 21 heavy (non-hydrogen) atoms. The molecule has 116 valence electrons. The zero-order valence-electron chi connectivity index (χ0n) is 13.3. The van der Waals surface area contributed by atoms with Crippen LogP contribution in [0, 0.1) is 0 Å². The Morgan fingerprint density at radius 2 is 2.05 bits per heavy atom. The van der Waals surface area contributed by atoms with Gasteiger partial charge < -0.3 is 5.32 Å². The van der Waals surface area contributed by atoms with E-state index in [-0.39, 0.29) is 5.54 Å². The minimum absolute atomic E-state index is 0.0607. The predicted octanol–water partition coefficient (Wildman–Crippen LogP) is 2.16.